The summed E-state index contributed by atoms with van der Waals surface area (Å²) >= 11 is 1.49. The summed E-state index contributed by atoms with van der Waals surface area (Å²) in [5.74, 6) is 0. The number of amides is 1. The average molecular weight is 185 g/mol. The number of allylic oxidation sites excluding steroid dienone is 2. The molecule has 1 N–H and O–H groups in total. The van der Waals surface area contributed by atoms with E-state index < -0.39 is 11.0 Å². The van der Waals surface area contributed by atoms with E-state index in [1.54, 1.807) is 12.3 Å². The number of nitrogens with zero attached hydrogens (tertiary/aromatic N) is 1. The number of carboxylic acid groups (broad SMARTS) is 1. The Bertz CT molecular complexity index is 249. The molecule has 0 saturated carbocycles. The van der Waals surface area contributed by atoms with Crippen LogP contribution in [0.2, 0.25) is 0 Å². The van der Waals surface area contributed by atoms with Crippen molar-refractivity contribution in [1.29, 1.82) is 0 Å². The van der Waals surface area contributed by atoms with Crippen LogP contribution < -0.4 is 0 Å². The first-order valence-corrected chi connectivity index (χ1v) is 4.76. The van der Waals surface area contributed by atoms with Crippen LogP contribution in [0, 0.1) is 0 Å². The molecule has 1 atom stereocenters. The molecule has 1 aliphatic rings. The summed E-state index contributed by atoms with van der Waals surface area (Å²) in [6.07, 6.45) is 7.97. The molecule has 1 unspecified atom stereocenters. The molecular weight excluding hydrogens is 174 g/mol. The topological polar surface area (TPSA) is 40.5 Å². The van der Waals surface area contributed by atoms with Crippen LogP contribution in [0.25, 0.3) is 0 Å². The zero-order valence-electron chi connectivity index (χ0n) is 7.02. The van der Waals surface area contributed by atoms with Crippen LogP contribution in [0.5, 0.6) is 0 Å². The van der Waals surface area contributed by atoms with Gasteiger partial charge in [0, 0.05) is 6.20 Å². The summed E-state index contributed by atoms with van der Waals surface area (Å²) in [5.41, 5.74) is 0. The summed E-state index contributed by atoms with van der Waals surface area (Å²) in [4.78, 5) is 11.6. The number of hydrogen-bond donors (Lipinski definition) is 1. The molecule has 1 heterocycles. The number of thioether (sulfide) groups is 1. The Morgan fingerprint density at radius 1 is 1.58 bits per heavy atom. The quantitative estimate of drug-likeness (QED) is 0.680. The lowest BCUT2D eigenvalue weighted by Crippen LogP contribution is -2.42. The van der Waals surface area contributed by atoms with Crippen molar-refractivity contribution in [2.24, 2.45) is 0 Å². The molecule has 0 spiro atoms. The van der Waals surface area contributed by atoms with E-state index in [2.05, 4.69) is 0 Å². The van der Waals surface area contributed by atoms with Gasteiger partial charge in [0.2, 0.25) is 0 Å². The van der Waals surface area contributed by atoms with E-state index in [0.29, 0.717) is 0 Å². The lowest BCUT2D eigenvalue weighted by molar-refractivity contribution is 0.152. The SMILES string of the molecule is CSC1(C)C=CC=CN1C(=O)O. The van der Waals surface area contributed by atoms with Gasteiger partial charge >= 0.3 is 6.09 Å². The minimum atomic E-state index is -0.924. The molecule has 0 aromatic rings. The summed E-state index contributed by atoms with van der Waals surface area (Å²) in [7, 11) is 0. The van der Waals surface area contributed by atoms with Gasteiger partial charge in [-0.05, 0) is 25.3 Å². The van der Waals surface area contributed by atoms with Gasteiger partial charge in [-0.1, -0.05) is 6.08 Å². The van der Waals surface area contributed by atoms with E-state index in [4.69, 9.17) is 5.11 Å². The first-order valence-electron chi connectivity index (χ1n) is 3.53. The molecule has 1 rings (SSSR count). The van der Waals surface area contributed by atoms with E-state index in [1.165, 1.54) is 16.7 Å². The normalized spacial score (nSPS) is 27.7. The maximum Gasteiger partial charge on any atom is 0.412 e. The Balaban J connectivity index is 2.92. The highest BCUT2D eigenvalue weighted by molar-refractivity contribution is 8.00. The van der Waals surface area contributed by atoms with Gasteiger partial charge < -0.3 is 5.11 Å². The highest BCUT2D eigenvalue weighted by atomic mass is 32.2. The predicted molar refractivity (Wildman–Crippen MR) is 50.1 cm³/mol. The molecule has 3 nitrogen and oxygen atoms in total. The van der Waals surface area contributed by atoms with Crippen LogP contribution in [-0.2, 0) is 0 Å². The van der Waals surface area contributed by atoms with Gasteiger partial charge in [0.15, 0.2) is 0 Å². The Kier molecular flexibility index (Phi) is 2.47. The van der Waals surface area contributed by atoms with Crippen molar-refractivity contribution in [3.05, 3.63) is 24.4 Å². The smallest absolute Gasteiger partial charge is 0.412 e. The fourth-order valence-electron chi connectivity index (χ4n) is 1.02. The first-order chi connectivity index (χ1) is 5.60. The fraction of sp³-hybridized carbons (Fsp3) is 0.375. The van der Waals surface area contributed by atoms with Crippen LogP contribution in [-0.4, -0.2) is 27.2 Å². The van der Waals surface area contributed by atoms with E-state index in [1.807, 2.05) is 25.3 Å². The van der Waals surface area contributed by atoms with E-state index in [-0.39, 0.29) is 0 Å². The van der Waals surface area contributed by atoms with Crippen LogP contribution in [0.3, 0.4) is 0 Å². The second-order valence-corrected chi connectivity index (χ2v) is 3.85. The van der Waals surface area contributed by atoms with Crippen LogP contribution in [0.15, 0.2) is 24.4 Å². The Morgan fingerprint density at radius 3 is 2.67 bits per heavy atom. The van der Waals surface area contributed by atoms with Crippen molar-refractivity contribution in [2.75, 3.05) is 6.26 Å². The molecule has 1 amide bonds. The average Bonchev–Trinajstić information content (AvgIpc) is 2.05. The number of hydrogen-bond acceptors (Lipinski definition) is 2. The molecule has 0 bridgehead atoms. The first kappa shape index (κ1) is 9.19. The number of carbonyl (C=O) groups is 1. The molecule has 0 radical (unpaired) electrons. The van der Waals surface area contributed by atoms with Crippen molar-refractivity contribution >= 4 is 17.9 Å². The van der Waals surface area contributed by atoms with E-state index in [0.717, 1.165) is 0 Å². The van der Waals surface area contributed by atoms with Crippen LogP contribution >= 0.6 is 11.8 Å². The minimum Gasteiger partial charge on any atom is -0.465 e. The third kappa shape index (κ3) is 1.48. The van der Waals surface area contributed by atoms with Crippen molar-refractivity contribution in [2.45, 2.75) is 11.8 Å². The largest absolute Gasteiger partial charge is 0.465 e. The Hall–Kier alpha value is -0.900. The van der Waals surface area contributed by atoms with Crippen molar-refractivity contribution in [3.8, 4) is 0 Å². The Labute approximate surface area is 75.7 Å². The zero-order valence-corrected chi connectivity index (χ0v) is 7.84. The highest BCUT2D eigenvalue weighted by Crippen LogP contribution is 2.31. The molecule has 12 heavy (non-hydrogen) atoms. The molecule has 0 aromatic carbocycles. The lowest BCUT2D eigenvalue weighted by atomic mass is 10.2. The van der Waals surface area contributed by atoms with Crippen LogP contribution in [0.1, 0.15) is 6.92 Å². The monoisotopic (exact) mass is 185 g/mol. The molecule has 0 aromatic heterocycles. The molecule has 66 valence electrons. The summed E-state index contributed by atoms with van der Waals surface area (Å²) in [6, 6.07) is 0. The Morgan fingerprint density at radius 2 is 2.25 bits per heavy atom. The van der Waals surface area contributed by atoms with Gasteiger partial charge in [0.1, 0.15) is 4.87 Å². The van der Waals surface area contributed by atoms with Gasteiger partial charge in [-0.15, -0.1) is 11.8 Å². The standard InChI is InChI=1S/C8H11NO2S/c1-8(12-2)5-3-4-6-9(8)7(10)11/h3-6H,1-2H3,(H,10,11). The van der Waals surface area contributed by atoms with Crippen molar-refractivity contribution in [3.63, 3.8) is 0 Å². The van der Waals surface area contributed by atoms with Gasteiger partial charge in [-0.3, -0.25) is 4.90 Å². The molecule has 0 saturated heterocycles. The molecule has 0 aliphatic carbocycles. The number of rotatable bonds is 1. The second kappa shape index (κ2) is 3.23. The third-order valence-electron chi connectivity index (χ3n) is 1.85. The summed E-state index contributed by atoms with van der Waals surface area (Å²) in [5, 5.41) is 8.83. The van der Waals surface area contributed by atoms with E-state index in [9.17, 15) is 4.79 Å². The highest BCUT2D eigenvalue weighted by Gasteiger charge is 2.31. The molecular formula is C8H11NO2S. The maximum absolute atomic E-state index is 10.8. The summed E-state index contributed by atoms with van der Waals surface area (Å²) < 4.78 is 0. The molecule has 4 heteroatoms. The van der Waals surface area contributed by atoms with Gasteiger partial charge in [0.25, 0.3) is 0 Å². The van der Waals surface area contributed by atoms with Crippen molar-refractivity contribution in [1.82, 2.24) is 4.90 Å². The third-order valence-corrected chi connectivity index (χ3v) is 3.01. The molecule has 1 aliphatic heterocycles. The lowest BCUT2D eigenvalue weighted by Gasteiger charge is -2.34. The van der Waals surface area contributed by atoms with Crippen LogP contribution in [0.4, 0.5) is 4.79 Å². The van der Waals surface area contributed by atoms with Crippen molar-refractivity contribution < 1.29 is 9.90 Å². The maximum atomic E-state index is 10.8. The predicted octanol–water partition coefficient (Wildman–Crippen LogP) is 2.13. The van der Waals surface area contributed by atoms with Gasteiger partial charge in [-0.2, -0.15) is 0 Å². The molecule has 0 fully saturated rings. The van der Waals surface area contributed by atoms with Gasteiger partial charge in [-0.25, -0.2) is 4.79 Å². The van der Waals surface area contributed by atoms with Gasteiger partial charge in [0.05, 0.1) is 0 Å². The minimum absolute atomic E-state index is 0.458. The van der Waals surface area contributed by atoms with E-state index >= 15 is 0 Å². The summed E-state index contributed by atoms with van der Waals surface area (Å²) in [6.45, 7) is 1.87. The zero-order chi connectivity index (χ0) is 9.19. The second-order valence-electron chi connectivity index (χ2n) is 2.61. The fourth-order valence-corrected chi connectivity index (χ4v) is 1.57.